The Morgan fingerprint density at radius 1 is 0.431 bits per heavy atom. The second kappa shape index (κ2) is 63.4. The van der Waals surface area contributed by atoms with E-state index in [4.69, 9.17) is 71.4 Å². The Hall–Kier alpha value is -4.96. The number of carbonyl (C=O) groups excluding carboxylic acids is 2. The van der Waals surface area contributed by atoms with Gasteiger partial charge in [-0.25, -0.2) is 9.59 Å². The number of anilines is 2. The Kier molecular flexibility index (Phi) is 56.1. The van der Waals surface area contributed by atoms with Crippen molar-refractivity contribution < 1.29 is 99.3 Å². The van der Waals surface area contributed by atoms with Gasteiger partial charge >= 0.3 is 18.4 Å². The van der Waals surface area contributed by atoms with E-state index in [-0.39, 0.29) is 18.7 Å². The molecule has 4 fully saturated rings. The van der Waals surface area contributed by atoms with Crippen LogP contribution in [0.4, 0.5) is 34.1 Å². The first kappa shape index (κ1) is 96.4. The molecular formula is C77H125BrF3N9O18S. The predicted octanol–water partition coefficient (Wildman–Crippen LogP) is 7.06. The molecule has 32 heteroatoms. The highest BCUT2D eigenvalue weighted by molar-refractivity contribution is 9.09. The quantitative estimate of drug-likeness (QED) is 0.0256. The zero-order valence-corrected chi connectivity index (χ0v) is 67.4. The number of hydrogen-bond acceptors (Lipinski definition) is 26. The smallest absolute Gasteiger partial charge is 0.416 e. The number of amides is 2. The van der Waals surface area contributed by atoms with E-state index >= 15 is 0 Å². The highest BCUT2D eigenvalue weighted by atomic mass is 79.9. The molecule has 0 spiro atoms. The Labute approximate surface area is 657 Å². The van der Waals surface area contributed by atoms with Crippen molar-refractivity contribution >= 4 is 51.3 Å². The fraction of sp³-hybridized carbons (Fsp3) is 0.662. The van der Waals surface area contributed by atoms with Crippen molar-refractivity contribution in [2.75, 3.05) is 315 Å². The fourth-order valence-electron chi connectivity index (χ4n) is 11.0. The molecule has 4 aromatic carbocycles. The number of nitrogens with one attached hydrogen (secondary N) is 2. The van der Waals surface area contributed by atoms with E-state index < -0.39 is 17.8 Å². The van der Waals surface area contributed by atoms with Crippen LogP contribution >= 0.6 is 27.7 Å². The molecule has 5 aliphatic rings. The maximum atomic E-state index is 13.5. The van der Waals surface area contributed by atoms with Crippen LogP contribution in [0.25, 0.3) is 0 Å². The fourth-order valence-corrected chi connectivity index (χ4v) is 12.3. The largest absolute Gasteiger partial charge is 0.445 e. The van der Waals surface area contributed by atoms with Crippen LogP contribution in [0.5, 0.6) is 0 Å². The predicted molar refractivity (Wildman–Crippen MR) is 419 cm³/mol. The molecular weight excluding hydrogens is 1510 g/mol. The van der Waals surface area contributed by atoms with E-state index in [1.54, 1.807) is 38.2 Å². The highest BCUT2D eigenvalue weighted by Gasteiger charge is 2.34. The normalized spacial score (nSPS) is 15.7. The molecule has 0 radical (unpaired) electrons. The van der Waals surface area contributed by atoms with Gasteiger partial charge in [0.1, 0.15) is 13.2 Å². The first-order valence-corrected chi connectivity index (χ1v) is 39.5. The number of fused-ring (bicyclic) bond motifs is 2. The Balaban J connectivity index is 0.000000307. The minimum atomic E-state index is -4.43. The number of hydrogen-bond donors (Lipinski definition) is 4. The molecule has 2 amide bonds. The second-order valence-corrected chi connectivity index (χ2v) is 26.8. The minimum Gasteiger partial charge on any atom is -0.445 e. The minimum absolute atomic E-state index is 0.215. The number of rotatable bonds is 43. The molecule has 1 atom stereocenters. The van der Waals surface area contributed by atoms with Crippen molar-refractivity contribution in [3.63, 3.8) is 0 Å². The van der Waals surface area contributed by atoms with Gasteiger partial charge in [-0.1, -0.05) is 100 Å². The highest BCUT2D eigenvalue weighted by Crippen LogP contribution is 2.49. The molecule has 0 aliphatic carbocycles. The zero-order valence-electron chi connectivity index (χ0n) is 65.0. The van der Waals surface area contributed by atoms with E-state index in [1.165, 1.54) is 23.9 Å². The van der Waals surface area contributed by atoms with E-state index in [0.717, 1.165) is 170 Å². The summed E-state index contributed by atoms with van der Waals surface area (Å²) in [5, 5.41) is 25.4. The molecule has 5 aliphatic heterocycles. The summed E-state index contributed by atoms with van der Waals surface area (Å²) in [5.74, 6) is 0. The number of halogens is 4. The number of nitrogens with zero attached hydrogens (tertiary/aromatic N) is 7. The third kappa shape index (κ3) is 44.9. The van der Waals surface area contributed by atoms with Gasteiger partial charge in [0.2, 0.25) is 0 Å². The molecule has 9 rings (SSSR count). The van der Waals surface area contributed by atoms with Crippen molar-refractivity contribution in [3.05, 3.63) is 120 Å². The Bertz CT molecular complexity index is 2820. The molecule has 620 valence electrons. The third-order valence-corrected chi connectivity index (χ3v) is 18.5. The zero-order chi connectivity index (χ0) is 78.5. The van der Waals surface area contributed by atoms with Crippen molar-refractivity contribution in [1.82, 2.24) is 40.0 Å². The van der Waals surface area contributed by atoms with Crippen LogP contribution in [-0.2, 0) is 85.7 Å². The average Bonchev–Trinajstić information content (AvgIpc) is 0.764. The first-order chi connectivity index (χ1) is 53.3. The van der Waals surface area contributed by atoms with E-state index in [9.17, 15) is 27.9 Å². The topological polar surface area (TPSA) is 251 Å². The van der Waals surface area contributed by atoms with Crippen LogP contribution in [-0.4, -0.2) is 368 Å². The van der Waals surface area contributed by atoms with Gasteiger partial charge < -0.3 is 102 Å². The molecule has 4 aromatic rings. The van der Waals surface area contributed by atoms with Gasteiger partial charge in [0.05, 0.1) is 162 Å². The molecule has 4 N–H and O–H groups in total. The molecule has 27 nitrogen and oxygen atoms in total. The number of piperazine rings is 4. The summed E-state index contributed by atoms with van der Waals surface area (Å²) in [4.78, 5) is 40.1. The van der Waals surface area contributed by atoms with Gasteiger partial charge in [0.15, 0.2) is 0 Å². The number of aliphatic hydroxyl groups excluding tert-OH is 2. The van der Waals surface area contributed by atoms with Crippen molar-refractivity contribution in [2.24, 2.45) is 0 Å². The number of ether oxygens (including phenoxy) is 14. The summed E-state index contributed by atoms with van der Waals surface area (Å²) in [6, 6.07) is 30.9. The second-order valence-electron chi connectivity index (χ2n) is 25.0. The molecule has 1 unspecified atom stereocenters. The Morgan fingerprint density at radius 3 is 1.22 bits per heavy atom. The average molecular weight is 1630 g/mol. The van der Waals surface area contributed by atoms with Crippen LogP contribution in [0.1, 0.15) is 16.7 Å². The summed E-state index contributed by atoms with van der Waals surface area (Å²) >= 11 is 4.71. The first-order valence-electron chi connectivity index (χ1n) is 37.6. The summed E-state index contributed by atoms with van der Waals surface area (Å²) in [6.07, 6.45) is -5.60. The van der Waals surface area contributed by atoms with Gasteiger partial charge in [-0.2, -0.15) is 13.2 Å². The maximum Gasteiger partial charge on any atom is 0.416 e. The van der Waals surface area contributed by atoms with Crippen LogP contribution in [0.15, 0.2) is 113 Å². The van der Waals surface area contributed by atoms with Crippen molar-refractivity contribution in [3.8, 4) is 0 Å². The molecule has 4 saturated heterocycles. The number of carbonyl (C=O) groups is 2. The Morgan fingerprint density at radius 2 is 0.789 bits per heavy atom. The monoisotopic (exact) mass is 1630 g/mol. The molecule has 0 bridgehead atoms. The SMILES string of the molecule is CO.COCCOCCOCCBr.COCCOCCOCCN1CCN(C(=O)OCc2ccccc2)CC1.COCCOCCOCCN1CCN(CC(O)CN2c3ccccc3Sc3ccc(C(F)(F)F)cc32)CC1.COCCOCCOCCN1CCNCC1.O=C(OCc1ccccc1)N1CCNCC1. The maximum absolute atomic E-state index is 13.5. The number of methoxy groups -OCH3 is 4. The number of para-hydroxylation sites is 1. The lowest BCUT2D eigenvalue weighted by Gasteiger charge is -2.38. The molecule has 0 aromatic heterocycles. The van der Waals surface area contributed by atoms with Gasteiger partial charge in [-0.15, -0.1) is 0 Å². The van der Waals surface area contributed by atoms with E-state index in [1.807, 2.05) is 89.8 Å². The third-order valence-electron chi connectivity index (χ3n) is 17.0. The lowest BCUT2D eigenvalue weighted by Crippen LogP contribution is -2.50. The summed E-state index contributed by atoms with van der Waals surface area (Å²) in [7, 11) is 7.63. The number of aliphatic hydroxyl groups is 2. The van der Waals surface area contributed by atoms with E-state index in [0.29, 0.717) is 157 Å². The number of alkyl halides is 4. The number of β-amino-alcohol motifs (C(OH)–C–C–N with tert-alkyl or cyclic N) is 1. The summed E-state index contributed by atoms with van der Waals surface area (Å²) in [6.45, 7) is 30.9. The van der Waals surface area contributed by atoms with Gasteiger partial charge in [0, 0.05) is 182 Å². The molecule has 5 heterocycles. The van der Waals surface area contributed by atoms with Crippen LogP contribution in [0.3, 0.4) is 0 Å². The van der Waals surface area contributed by atoms with Gasteiger partial charge in [-0.05, 0) is 41.5 Å². The van der Waals surface area contributed by atoms with Gasteiger partial charge in [0.25, 0.3) is 0 Å². The summed E-state index contributed by atoms with van der Waals surface area (Å²) < 4.78 is 113. The summed E-state index contributed by atoms with van der Waals surface area (Å²) in [5.41, 5.74) is 2.64. The number of benzene rings is 4. The van der Waals surface area contributed by atoms with Crippen molar-refractivity contribution in [2.45, 2.75) is 35.3 Å². The molecule has 0 saturated carbocycles. The van der Waals surface area contributed by atoms with Crippen LogP contribution in [0, 0.1) is 0 Å². The standard InChI is InChI=1S/C27H36F3N3O4S.C19H30N2O5.C12H16N2O2.C11H24N2O3.C7H15BrO3.CH4O/c1-35-14-15-37-17-16-36-13-12-31-8-10-32(11-9-31)19-22(34)20-33-23-4-2-3-5-25(23)38-26-7-6-21(18-24(26)33)27(28,29)30;1-23-13-14-25-16-15-24-12-11-20-7-9-21(10-8-20)19(22)26-17-18-5-3-2-4-6-18;15-12(14-8-6-13-7-9-14)16-10-11-4-2-1-3-5-11;1-14-8-9-16-11-10-15-7-6-13-4-2-12-3-5-13;1-9-4-5-11-7-6-10-3-2-8;1-2/h2-7,18,22,34H,8-17,19-20H2,1H3;2-6H,7-17H2,1H3;1-5,13H,6-10H2;12H,2-11H2,1H3;2-7H2,1H3;2H,1H3. The van der Waals surface area contributed by atoms with E-state index in [2.05, 4.69) is 46.2 Å². The van der Waals surface area contributed by atoms with Gasteiger partial charge in [-0.3, -0.25) is 19.6 Å². The van der Waals surface area contributed by atoms with Crippen LogP contribution < -0.4 is 15.5 Å². The molecule has 109 heavy (non-hydrogen) atoms. The lowest BCUT2D eigenvalue weighted by molar-refractivity contribution is -0.137. The van der Waals surface area contributed by atoms with Crippen molar-refractivity contribution in [1.29, 1.82) is 0 Å². The van der Waals surface area contributed by atoms with Crippen LogP contribution in [0.2, 0.25) is 0 Å². The lowest BCUT2D eigenvalue weighted by atomic mass is 10.1.